The molecule has 150 valence electrons. The van der Waals surface area contributed by atoms with Crippen molar-refractivity contribution in [3.63, 3.8) is 0 Å². The Morgan fingerprint density at radius 2 is 1.67 bits per heavy atom. The van der Waals surface area contributed by atoms with Crippen LogP contribution in [0.2, 0.25) is 0 Å². The fourth-order valence-electron chi connectivity index (χ4n) is 3.20. The van der Waals surface area contributed by atoms with E-state index in [2.05, 4.69) is 0 Å². The lowest BCUT2D eigenvalue weighted by Crippen LogP contribution is -2.47. The maximum Gasteiger partial charge on any atom is 0.227 e. The summed E-state index contributed by atoms with van der Waals surface area (Å²) < 4.78 is 10.8. The standard InChI is InChI=1S/C21H32N2O4/c1-21(2,3)20(25)23-12-10-16(11-13-23)19(24)22(4)14-15-27-18-8-6-17(26-5)7-9-18/h6-9,16H,10-15H2,1-5H3. The van der Waals surface area contributed by atoms with Crippen molar-refractivity contribution in [2.75, 3.05) is 40.4 Å². The Morgan fingerprint density at radius 3 is 2.19 bits per heavy atom. The smallest absolute Gasteiger partial charge is 0.227 e. The van der Waals surface area contributed by atoms with Gasteiger partial charge in [0.05, 0.1) is 13.7 Å². The van der Waals surface area contributed by atoms with E-state index in [1.165, 1.54) is 0 Å². The molecule has 0 aromatic heterocycles. The summed E-state index contributed by atoms with van der Waals surface area (Å²) in [5.41, 5.74) is -0.369. The second kappa shape index (κ2) is 9.11. The predicted octanol–water partition coefficient (Wildman–Crippen LogP) is 2.82. The van der Waals surface area contributed by atoms with Crippen LogP contribution in [0.5, 0.6) is 11.5 Å². The first kappa shape index (κ1) is 21.1. The summed E-state index contributed by atoms with van der Waals surface area (Å²) in [7, 11) is 3.44. The molecular weight excluding hydrogens is 344 g/mol. The third-order valence-corrected chi connectivity index (χ3v) is 4.90. The molecule has 6 nitrogen and oxygen atoms in total. The van der Waals surface area contributed by atoms with Crippen molar-refractivity contribution < 1.29 is 19.1 Å². The van der Waals surface area contributed by atoms with E-state index >= 15 is 0 Å². The van der Waals surface area contributed by atoms with Crippen molar-refractivity contribution in [2.45, 2.75) is 33.6 Å². The molecule has 1 heterocycles. The van der Waals surface area contributed by atoms with Gasteiger partial charge < -0.3 is 19.3 Å². The normalized spacial score (nSPS) is 15.4. The maximum absolute atomic E-state index is 12.6. The van der Waals surface area contributed by atoms with Gasteiger partial charge in [-0.1, -0.05) is 20.8 Å². The SMILES string of the molecule is COc1ccc(OCCN(C)C(=O)C2CCN(C(=O)C(C)(C)C)CC2)cc1. The van der Waals surface area contributed by atoms with E-state index in [4.69, 9.17) is 9.47 Å². The van der Waals surface area contributed by atoms with Crippen LogP contribution < -0.4 is 9.47 Å². The van der Waals surface area contributed by atoms with Crippen LogP contribution in [-0.2, 0) is 9.59 Å². The molecule has 2 rings (SSSR count). The molecule has 6 heteroatoms. The first-order chi connectivity index (χ1) is 12.7. The minimum absolute atomic E-state index is 0.0139. The van der Waals surface area contributed by atoms with Gasteiger partial charge >= 0.3 is 0 Å². The molecule has 1 aliphatic heterocycles. The second-order valence-corrected chi connectivity index (χ2v) is 8.10. The van der Waals surface area contributed by atoms with Crippen molar-refractivity contribution in [2.24, 2.45) is 11.3 Å². The van der Waals surface area contributed by atoms with Crippen LogP contribution in [0.25, 0.3) is 0 Å². The number of nitrogens with zero attached hydrogens (tertiary/aromatic N) is 2. The van der Waals surface area contributed by atoms with Gasteiger partial charge in [-0.2, -0.15) is 0 Å². The summed E-state index contributed by atoms with van der Waals surface area (Å²) in [5.74, 6) is 1.82. The van der Waals surface area contributed by atoms with Gasteiger partial charge in [0.25, 0.3) is 0 Å². The number of rotatable bonds is 6. The Bertz CT molecular complexity index is 629. The fourth-order valence-corrected chi connectivity index (χ4v) is 3.20. The van der Waals surface area contributed by atoms with E-state index in [0.717, 1.165) is 24.3 Å². The first-order valence-corrected chi connectivity index (χ1v) is 9.53. The number of piperidine rings is 1. The largest absolute Gasteiger partial charge is 0.497 e. The summed E-state index contributed by atoms with van der Waals surface area (Å²) in [5, 5.41) is 0. The minimum atomic E-state index is -0.369. The molecule has 1 fully saturated rings. The molecule has 0 unspecified atom stereocenters. The van der Waals surface area contributed by atoms with Crippen LogP contribution in [0.3, 0.4) is 0 Å². The van der Waals surface area contributed by atoms with E-state index in [1.807, 2.05) is 57.0 Å². The number of hydrogen-bond acceptors (Lipinski definition) is 4. The van der Waals surface area contributed by atoms with Crippen molar-refractivity contribution in [1.82, 2.24) is 9.80 Å². The van der Waals surface area contributed by atoms with E-state index in [-0.39, 0.29) is 23.1 Å². The van der Waals surface area contributed by atoms with Crippen molar-refractivity contribution >= 4 is 11.8 Å². The van der Waals surface area contributed by atoms with Crippen molar-refractivity contribution in [1.29, 1.82) is 0 Å². The summed E-state index contributed by atoms with van der Waals surface area (Å²) in [6.45, 7) is 8.09. The number of hydrogen-bond donors (Lipinski definition) is 0. The van der Waals surface area contributed by atoms with Crippen LogP contribution in [-0.4, -0.2) is 62.0 Å². The average Bonchev–Trinajstić information content (AvgIpc) is 2.66. The number of carbonyl (C=O) groups is 2. The molecule has 0 spiro atoms. The molecule has 0 N–H and O–H groups in total. The highest BCUT2D eigenvalue weighted by Gasteiger charge is 2.33. The molecule has 0 saturated carbocycles. The zero-order valence-corrected chi connectivity index (χ0v) is 17.2. The van der Waals surface area contributed by atoms with Gasteiger partial charge in [-0.05, 0) is 37.1 Å². The number of likely N-dealkylation sites (tertiary alicyclic amines) is 1. The maximum atomic E-state index is 12.6. The van der Waals surface area contributed by atoms with Crippen molar-refractivity contribution in [3.8, 4) is 11.5 Å². The van der Waals surface area contributed by atoms with Gasteiger partial charge in [-0.15, -0.1) is 0 Å². The zero-order valence-electron chi connectivity index (χ0n) is 17.2. The molecule has 0 radical (unpaired) electrons. The zero-order chi connectivity index (χ0) is 20.0. The predicted molar refractivity (Wildman–Crippen MR) is 105 cm³/mol. The molecule has 1 aromatic carbocycles. The summed E-state index contributed by atoms with van der Waals surface area (Å²) >= 11 is 0. The summed E-state index contributed by atoms with van der Waals surface area (Å²) in [4.78, 5) is 28.6. The van der Waals surface area contributed by atoms with Gasteiger partial charge in [0.1, 0.15) is 18.1 Å². The Morgan fingerprint density at radius 1 is 1.11 bits per heavy atom. The molecule has 1 aromatic rings. The van der Waals surface area contributed by atoms with E-state index in [9.17, 15) is 9.59 Å². The van der Waals surface area contributed by atoms with E-state index in [0.29, 0.717) is 26.2 Å². The van der Waals surface area contributed by atoms with Crippen LogP contribution in [0.4, 0.5) is 0 Å². The highest BCUT2D eigenvalue weighted by molar-refractivity contribution is 5.82. The molecule has 1 aliphatic rings. The van der Waals surface area contributed by atoms with Gasteiger partial charge in [0.15, 0.2) is 0 Å². The highest BCUT2D eigenvalue weighted by Crippen LogP contribution is 2.24. The van der Waals surface area contributed by atoms with Gasteiger partial charge in [0.2, 0.25) is 11.8 Å². The lowest BCUT2D eigenvalue weighted by Gasteiger charge is -2.36. The molecule has 0 atom stereocenters. The van der Waals surface area contributed by atoms with Crippen LogP contribution in [0.1, 0.15) is 33.6 Å². The molecule has 27 heavy (non-hydrogen) atoms. The molecule has 0 aliphatic carbocycles. The number of carbonyl (C=O) groups excluding carboxylic acids is 2. The first-order valence-electron chi connectivity index (χ1n) is 9.53. The van der Waals surface area contributed by atoms with Crippen LogP contribution in [0, 0.1) is 11.3 Å². The molecular formula is C21H32N2O4. The minimum Gasteiger partial charge on any atom is -0.497 e. The molecule has 2 amide bonds. The average molecular weight is 376 g/mol. The quantitative estimate of drug-likeness (QED) is 0.766. The number of ether oxygens (including phenoxy) is 2. The lowest BCUT2D eigenvalue weighted by molar-refractivity contribution is -0.144. The Hall–Kier alpha value is -2.24. The Kier molecular flexibility index (Phi) is 7.11. The van der Waals surface area contributed by atoms with E-state index in [1.54, 1.807) is 12.0 Å². The number of amides is 2. The third-order valence-electron chi connectivity index (χ3n) is 4.90. The van der Waals surface area contributed by atoms with Gasteiger partial charge in [-0.3, -0.25) is 9.59 Å². The summed E-state index contributed by atoms with van der Waals surface area (Å²) in [6.07, 6.45) is 1.45. The Balaban J connectivity index is 1.74. The monoisotopic (exact) mass is 376 g/mol. The van der Waals surface area contributed by atoms with Crippen molar-refractivity contribution in [3.05, 3.63) is 24.3 Å². The van der Waals surface area contributed by atoms with Crippen LogP contribution in [0.15, 0.2) is 24.3 Å². The number of benzene rings is 1. The van der Waals surface area contributed by atoms with Crippen LogP contribution >= 0.6 is 0 Å². The third kappa shape index (κ3) is 5.88. The number of methoxy groups -OCH3 is 1. The second-order valence-electron chi connectivity index (χ2n) is 8.10. The topological polar surface area (TPSA) is 59.1 Å². The molecule has 0 bridgehead atoms. The van der Waals surface area contributed by atoms with Gasteiger partial charge in [0, 0.05) is 31.5 Å². The Labute approximate surface area is 162 Å². The number of likely N-dealkylation sites (N-methyl/N-ethyl adjacent to an activating group) is 1. The summed E-state index contributed by atoms with van der Waals surface area (Å²) in [6, 6.07) is 7.39. The lowest BCUT2D eigenvalue weighted by atomic mass is 9.90. The highest BCUT2D eigenvalue weighted by atomic mass is 16.5. The fraction of sp³-hybridized carbons (Fsp3) is 0.619. The van der Waals surface area contributed by atoms with Gasteiger partial charge in [-0.25, -0.2) is 0 Å². The van der Waals surface area contributed by atoms with E-state index < -0.39 is 0 Å². The molecule has 1 saturated heterocycles.